The van der Waals surface area contributed by atoms with Gasteiger partial charge in [-0.15, -0.1) is 0 Å². The third-order valence-electron chi connectivity index (χ3n) is 2.60. The normalized spacial score (nSPS) is 12.8. The van der Waals surface area contributed by atoms with E-state index < -0.39 is 0 Å². The zero-order valence-corrected chi connectivity index (χ0v) is 11.0. The molecule has 0 aliphatic carbocycles. The first kappa shape index (κ1) is 13.5. The van der Waals surface area contributed by atoms with Crippen LogP contribution in [0.25, 0.3) is 0 Å². The molecule has 0 amide bonds. The van der Waals surface area contributed by atoms with Crippen LogP contribution in [0.1, 0.15) is 24.5 Å². The van der Waals surface area contributed by atoms with Crippen LogP contribution in [0, 0.1) is 12.7 Å². The fourth-order valence-electron chi connectivity index (χ4n) is 1.52. The van der Waals surface area contributed by atoms with E-state index in [0.717, 1.165) is 23.3 Å². The van der Waals surface area contributed by atoms with Crippen molar-refractivity contribution in [3.05, 3.63) is 35.1 Å². The van der Waals surface area contributed by atoms with Crippen molar-refractivity contribution < 1.29 is 4.39 Å². The van der Waals surface area contributed by atoms with Crippen molar-refractivity contribution in [2.45, 2.75) is 32.9 Å². The highest BCUT2D eigenvalue weighted by molar-refractivity contribution is 7.98. The van der Waals surface area contributed by atoms with Gasteiger partial charge in [0, 0.05) is 18.2 Å². The molecule has 0 aromatic heterocycles. The van der Waals surface area contributed by atoms with Gasteiger partial charge in [0.05, 0.1) is 0 Å². The minimum absolute atomic E-state index is 0.116. The minimum Gasteiger partial charge on any atom is -0.310 e. The topological polar surface area (TPSA) is 12.0 Å². The van der Waals surface area contributed by atoms with Crippen molar-refractivity contribution in [1.82, 2.24) is 5.32 Å². The molecule has 0 aliphatic heterocycles. The van der Waals surface area contributed by atoms with Crippen molar-refractivity contribution in [2.24, 2.45) is 0 Å². The Kier molecular flexibility index (Phi) is 5.85. The van der Waals surface area contributed by atoms with Crippen LogP contribution < -0.4 is 5.32 Å². The van der Waals surface area contributed by atoms with E-state index in [-0.39, 0.29) is 5.82 Å². The standard InChI is InChI=1S/C13H20FNS/c1-10-4-5-13(14)12(8-10)9-15-11(2)6-7-16-3/h4-5,8,11,15H,6-7,9H2,1-3H3. The van der Waals surface area contributed by atoms with Gasteiger partial charge in [0.1, 0.15) is 5.82 Å². The molecule has 1 rings (SSSR count). The summed E-state index contributed by atoms with van der Waals surface area (Å²) in [6.07, 6.45) is 3.22. The van der Waals surface area contributed by atoms with Crippen LogP contribution in [-0.2, 0) is 6.54 Å². The van der Waals surface area contributed by atoms with E-state index in [1.165, 1.54) is 0 Å². The van der Waals surface area contributed by atoms with Gasteiger partial charge < -0.3 is 5.32 Å². The molecule has 1 unspecified atom stereocenters. The molecule has 1 atom stereocenters. The molecule has 90 valence electrons. The van der Waals surface area contributed by atoms with E-state index in [1.54, 1.807) is 12.1 Å². The third kappa shape index (κ3) is 4.54. The maximum Gasteiger partial charge on any atom is 0.127 e. The number of hydrogen-bond acceptors (Lipinski definition) is 2. The Morgan fingerprint density at radius 2 is 2.19 bits per heavy atom. The molecule has 0 spiro atoms. The van der Waals surface area contributed by atoms with Crippen LogP contribution >= 0.6 is 11.8 Å². The summed E-state index contributed by atoms with van der Waals surface area (Å²) in [6.45, 7) is 4.74. The maximum atomic E-state index is 13.4. The fraction of sp³-hybridized carbons (Fsp3) is 0.538. The molecule has 0 bridgehead atoms. The number of benzene rings is 1. The molecule has 1 aromatic carbocycles. The smallest absolute Gasteiger partial charge is 0.127 e. The number of hydrogen-bond donors (Lipinski definition) is 1. The lowest BCUT2D eigenvalue weighted by molar-refractivity contribution is 0.519. The van der Waals surface area contributed by atoms with Crippen molar-refractivity contribution in [3.63, 3.8) is 0 Å². The van der Waals surface area contributed by atoms with Crippen molar-refractivity contribution in [2.75, 3.05) is 12.0 Å². The van der Waals surface area contributed by atoms with Crippen LogP contribution in [0.3, 0.4) is 0 Å². The number of rotatable bonds is 6. The van der Waals surface area contributed by atoms with E-state index in [1.807, 2.05) is 24.8 Å². The second-order valence-corrected chi connectivity index (χ2v) is 5.14. The summed E-state index contributed by atoms with van der Waals surface area (Å²) in [5.41, 5.74) is 1.87. The van der Waals surface area contributed by atoms with E-state index in [4.69, 9.17) is 0 Å². The van der Waals surface area contributed by atoms with Crippen LogP contribution in [0.2, 0.25) is 0 Å². The predicted octanol–water partition coefficient (Wildman–Crippen LogP) is 3.37. The Morgan fingerprint density at radius 1 is 1.44 bits per heavy atom. The zero-order valence-electron chi connectivity index (χ0n) is 10.2. The summed E-state index contributed by atoms with van der Waals surface area (Å²) in [5, 5.41) is 3.35. The molecule has 0 saturated heterocycles. The summed E-state index contributed by atoms with van der Waals surface area (Å²) < 4.78 is 13.4. The van der Waals surface area contributed by atoms with Crippen molar-refractivity contribution >= 4 is 11.8 Å². The summed E-state index contributed by atoms with van der Waals surface area (Å²) in [7, 11) is 0. The fourth-order valence-corrected chi connectivity index (χ4v) is 2.11. The Morgan fingerprint density at radius 3 is 2.88 bits per heavy atom. The molecule has 3 heteroatoms. The van der Waals surface area contributed by atoms with Gasteiger partial charge in [-0.05, 0) is 38.3 Å². The minimum atomic E-state index is -0.116. The predicted molar refractivity (Wildman–Crippen MR) is 70.4 cm³/mol. The molecular weight excluding hydrogens is 221 g/mol. The third-order valence-corrected chi connectivity index (χ3v) is 3.24. The first-order valence-corrected chi connectivity index (χ1v) is 7.00. The van der Waals surface area contributed by atoms with Crippen molar-refractivity contribution in [3.8, 4) is 0 Å². The molecule has 0 heterocycles. The largest absolute Gasteiger partial charge is 0.310 e. The Balaban J connectivity index is 2.44. The van der Waals surface area contributed by atoms with Gasteiger partial charge >= 0.3 is 0 Å². The van der Waals surface area contributed by atoms with E-state index in [2.05, 4.69) is 18.5 Å². The van der Waals surface area contributed by atoms with Crippen molar-refractivity contribution in [1.29, 1.82) is 0 Å². The summed E-state index contributed by atoms with van der Waals surface area (Å²) >= 11 is 1.84. The Bertz CT molecular complexity index is 328. The van der Waals surface area contributed by atoms with E-state index in [9.17, 15) is 4.39 Å². The Hall–Kier alpha value is -0.540. The van der Waals surface area contributed by atoms with Gasteiger partial charge in [0.2, 0.25) is 0 Å². The highest BCUT2D eigenvalue weighted by atomic mass is 32.2. The van der Waals surface area contributed by atoms with Gasteiger partial charge in [-0.2, -0.15) is 11.8 Å². The maximum absolute atomic E-state index is 13.4. The molecule has 0 saturated carbocycles. The van der Waals surface area contributed by atoms with Crippen LogP contribution in [0.5, 0.6) is 0 Å². The monoisotopic (exact) mass is 241 g/mol. The lowest BCUT2D eigenvalue weighted by Crippen LogP contribution is -2.26. The average Bonchev–Trinajstić information content (AvgIpc) is 2.27. The molecule has 0 aliphatic rings. The lowest BCUT2D eigenvalue weighted by Gasteiger charge is -2.13. The second kappa shape index (κ2) is 6.92. The SMILES string of the molecule is CSCCC(C)NCc1cc(C)ccc1F. The summed E-state index contributed by atoms with van der Waals surface area (Å²) in [5.74, 6) is 1.03. The molecular formula is C13H20FNS. The number of nitrogens with one attached hydrogen (secondary N) is 1. The highest BCUT2D eigenvalue weighted by Gasteiger charge is 2.05. The highest BCUT2D eigenvalue weighted by Crippen LogP contribution is 2.10. The molecule has 1 aromatic rings. The quantitative estimate of drug-likeness (QED) is 0.819. The number of thioether (sulfide) groups is 1. The average molecular weight is 241 g/mol. The summed E-state index contributed by atoms with van der Waals surface area (Å²) in [6, 6.07) is 5.69. The molecule has 1 N–H and O–H groups in total. The van der Waals surface area contributed by atoms with Gasteiger partial charge in [-0.1, -0.05) is 17.7 Å². The Labute approximate surface area is 102 Å². The molecule has 16 heavy (non-hydrogen) atoms. The first-order valence-electron chi connectivity index (χ1n) is 5.61. The van der Waals surface area contributed by atoms with E-state index in [0.29, 0.717) is 12.6 Å². The van der Waals surface area contributed by atoms with Crippen LogP contribution in [0.15, 0.2) is 18.2 Å². The first-order chi connectivity index (χ1) is 7.63. The van der Waals surface area contributed by atoms with E-state index >= 15 is 0 Å². The van der Waals surface area contributed by atoms with Gasteiger partial charge in [-0.3, -0.25) is 0 Å². The van der Waals surface area contributed by atoms with Crippen LogP contribution in [0.4, 0.5) is 4.39 Å². The lowest BCUT2D eigenvalue weighted by atomic mass is 10.1. The van der Waals surface area contributed by atoms with Gasteiger partial charge in [-0.25, -0.2) is 4.39 Å². The number of halogens is 1. The zero-order chi connectivity index (χ0) is 12.0. The summed E-state index contributed by atoms with van der Waals surface area (Å²) in [4.78, 5) is 0. The molecule has 0 radical (unpaired) electrons. The molecule has 0 fully saturated rings. The van der Waals surface area contributed by atoms with Gasteiger partial charge in [0.15, 0.2) is 0 Å². The van der Waals surface area contributed by atoms with Gasteiger partial charge in [0.25, 0.3) is 0 Å². The van der Waals surface area contributed by atoms with Crippen LogP contribution in [-0.4, -0.2) is 18.1 Å². The number of aryl methyl sites for hydroxylation is 1. The second-order valence-electron chi connectivity index (χ2n) is 4.16. The molecule has 1 nitrogen and oxygen atoms in total.